The topological polar surface area (TPSA) is 87.0 Å². The second-order valence-electron chi connectivity index (χ2n) is 1.01. The Bertz CT molecular complexity index is 62.5. The van der Waals surface area contributed by atoms with Crippen molar-refractivity contribution in [1.29, 1.82) is 0 Å². The molecule has 0 aromatic rings. The van der Waals surface area contributed by atoms with Gasteiger partial charge in [-0.1, -0.05) is 0 Å². The molecule has 3 N–H and O–H groups in total. The minimum atomic E-state index is -4.16. The van der Waals surface area contributed by atoms with Gasteiger partial charge < -0.3 is 18.8 Å². The van der Waals surface area contributed by atoms with Crippen LogP contribution < -0.4 is 0 Å². The predicted molar refractivity (Wildman–Crippen MR) is 24.7 cm³/mol. The van der Waals surface area contributed by atoms with E-state index in [2.05, 4.69) is 4.43 Å². The fourth-order valence-corrected chi connectivity index (χ4v) is 0.581. The Kier molecular flexibility index (Phi) is 9.46. The first kappa shape index (κ1) is 12.4. The second-order valence-corrected chi connectivity index (χ2v) is 2.44. The Morgan fingerprint density at radius 1 is 1.44 bits per heavy atom. The summed E-state index contributed by atoms with van der Waals surface area (Å²) in [5.41, 5.74) is 0. The molecule has 0 aromatic heterocycles. The van der Waals surface area contributed by atoms with E-state index in [1.165, 1.54) is 0 Å². The van der Waals surface area contributed by atoms with Gasteiger partial charge in [0.15, 0.2) is 0 Å². The van der Waals surface area contributed by atoms with Gasteiger partial charge in [0.1, 0.15) is 0 Å². The summed E-state index contributed by atoms with van der Waals surface area (Å²) in [6.07, 6.45) is 0. The summed E-state index contributed by atoms with van der Waals surface area (Å²) in [4.78, 5) is 24.1. The third-order valence-electron chi connectivity index (χ3n) is 0.338. The summed E-state index contributed by atoms with van der Waals surface area (Å²) in [7, 11) is -4.16. The van der Waals surface area contributed by atoms with Crippen LogP contribution in [0.3, 0.4) is 0 Å². The molecule has 0 radical (unpaired) electrons. The third-order valence-corrected chi connectivity index (χ3v) is 1.01. The van der Waals surface area contributed by atoms with Crippen LogP contribution in [0.25, 0.3) is 0 Å². The maximum atomic E-state index is 8.34. The van der Waals surface area contributed by atoms with Crippen molar-refractivity contribution in [1.82, 2.24) is 0 Å². The molecule has 0 aliphatic heterocycles. The molecule has 0 saturated heterocycles. The molecule has 0 aliphatic carbocycles. The molecule has 0 atom stereocenters. The standard InChI is InChI=1S/C2H8O4Si.O.Zr/c1-2-6-7(3,4)5;;/h3-5H,2H2,1H3;;. The molecule has 0 amide bonds. The van der Waals surface area contributed by atoms with Crippen LogP contribution in [-0.2, 0) is 32.0 Å². The zero-order valence-electron chi connectivity index (χ0n) is 4.87. The molecule has 0 aliphatic rings. The third kappa shape index (κ3) is 17.7. The van der Waals surface area contributed by atoms with Gasteiger partial charge in [-0.05, 0) is 6.92 Å². The molecule has 0 unspecified atom stereocenters. The first-order valence-corrected chi connectivity index (χ1v) is 4.83. The Morgan fingerprint density at radius 2 is 1.78 bits per heavy atom. The summed E-state index contributed by atoms with van der Waals surface area (Å²) in [5.74, 6) is 0. The van der Waals surface area contributed by atoms with Crippen molar-refractivity contribution < 1.29 is 46.3 Å². The first-order valence-electron chi connectivity index (χ1n) is 2.07. The average Bonchev–Trinajstić information content (AvgIpc) is 1.69. The maximum absolute atomic E-state index is 8.34. The summed E-state index contributed by atoms with van der Waals surface area (Å²) >= 11 is 0.300. The van der Waals surface area contributed by atoms with E-state index in [0.717, 1.165) is 0 Å². The second kappa shape index (κ2) is 6.85. The summed E-state index contributed by atoms with van der Waals surface area (Å²) in [6.45, 7) is 1.68. The van der Waals surface area contributed by atoms with E-state index >= 15 is 0 Å². The van der Waals surface area contributed by atoms with Crippen molar-refractivity contribution in [2.45, 2.75) is 6.92 Å². The van der Waals surface area contributed by atoms with Crippen molar-refractivity contribution in [2.75, 3.05) is 6.61 Å². The molecule has 9 heavy (non-hydrogen) atoms. The number of hydrogen-bond donors (Lipinski definition) is 3. The van der Waals surface area contributed by atoms with Crippen LogP contribution >= 0.6 is 0 Å². The van der Waals surface area contributed by atoms with Gasteiger partial charge in [-0.2, -0.15) is 0 Å². The van der Waals surface area contributed by atoms with Gasteiger partial charge in [-0.25, -0.2) is 0 Å². The Balaban J connectivity index is 0. The van der Waals surface area contributed by atoms with E-state index < -0.39 is 9.05 Å². The Morgan fingerprint density at radius 3 is 1.78 bits per heavy atom. The van der Waals surface area contributed by atoms with Crippen LogP contribution in [0.4, 0.5) is 0 Å². The van der Waals surface area contributed by atoms with Crippen molar-refractivity contribution in [2.24, 2.45) is 0 Å². The zero-order valence-corrected chi connectivity index (χ0v) is 8.32. The van der Waals surface area contributed by atoms with E-state index in [1.54, 1.807) is 6.92 Å². The van der Waals surface area contributed by atoms with Crippen LogP contribution in [0.1, 0.15) is 6.92 Å². The summed E-state index contributed by atoms with van der Waals surface area (Å²) in [5, 5.41) is 0. The molecule has 0 aromatic carbocycles. The van der Waals surface area contributed by atoms with Crippen LogP contribution in [0.15, 0.2) is 0 Å². The van der Waals surface area contributed by atoms with E-state index in [0.29, 0.717) is 24.7 Å². The van der Waals surface area contributed by atoms with Gasteiger partial charge in [-0.3, -0.25) is 0 Å². The van der Waals surface area contributed by atoms with Gasteiger partial charge in [0.25, 0.3) is 0 Å². The molecule has 0 heterocycles. The molecule has 0 fully saturated rings. The number of rotatable bonds is 2. The SMILES string of the molecule is CCO[Si](O)(O)O.[O]=[Zr]. The Hall–Kier alpha value is 0.740. The van der Waals surface area contributed by atoms with Crippen LogP contribution in [0, 0.1) is 0 Å². The van der Waals surface area contributed by atoms with Crippen molar-refractivity contribution in [3.63, 3.8) is 0 Å². The van der Waals surface area contributed by atoms with Crippen molar-refractivity contribution in [3.05, 3.63) is 0 Å². The zero-order chi connectivity index (χ0) is 7.91. The molecular formula is C2H8O5SiZr. The average molecular weight is 231 g/mol. The molecular weight excluding hydrogens is 223 g/mol. The predicted octanol–water partition coefficient (Wildman–Crippen LogP) is -1.69. The van der Waals surface area contributed by atoms with Gasteiger partial charge in [0.05, 0.1) is 0 Å². The van der Waals surface area contributed by atoms with Gasteiger partial charge in [-0.15, -0.1) is 0 Å². The molecule has 54 valence electrons. The molecule has 0 saturated carbocycles. The molecule has 7 heteroatoms. The van der Waals surface area contributed by atoms with Gasteiger partial charge in [0, 0.05) is 6.61 Å². The van der Waals surface area contributed by atoms with Crippen LogP contribution in [-0.4, -0.2) is 30.0 Å². The number of hydrogen-bond acceptors (Lipinski definition) is 5. The normalized spacial score (nSPS) is 9.67. The fourth-order valence-electron chi connectivity index (χ4n) is 0.194. The van der Waals surface area contributed by atoms with E-state index in [-0.39, 0.29) is 6.61 Å². The first-order chi connectivity index (χ1) is 4.06. The van der Waals surface area contributed by atoms with Gasteiger partial charge in [0.2, 0.25) is 0 Å². The fraction of sp³-hybridized carbons (Fsp3) is 1.00. The minimum absolute atomic E-state index is 0.121. The van der Waals surface area contributed by atoms with Crippen molar-refractivity contribution >= 4 is 9.05 Å². The monoisotopic (exact) mass is 230 g/mol. The molecule has 0 spiro atoms. The van der Waals surface area contributed by atoms with E-state index in [9.17, 15) is 0 Å². The van der Waals surface area contributed by atoms with E-state index in [1.807, 2.05) is 0 Å². The molecule has 0 bridgehead atoms. The van der Waals surface area contributed by atoms with Gasteiger partial charge >= 0.3 is 36.6 Å². The summed E-state index contributed by atoms with van der Waals surface area (Å²) in [6, 6.07) is 0. The summed E-state index contributed by atoms with van der Waals surface area (Å²) < 4.78 is 12.4. The van der Waals surface area contributed by atoms with Crippen LogP contribution in [0.2, 0.25) is 0 Å². The van der Waals surface area contributed by atoms with Crippen LogP contribution in [0.5, 0.6) is 0 Å². The molecule has 0 rings (SSSR count). The van der Waals surface area contributed by atoms with E-state index in [4.69, 9.17) is 17.2 Å². The molecule has 5 nitrogen and oxygen atoms in total. The quantitative estimate of drug-likeness (QED) is 0.494. The Labute approximate surface area is 69.1 Å². The van der Waals surface area contributed by atoms with Crippen molar-refractivity contribution in [3.8, 4) is 0 Å².